The van der Waals surface area contributed by atoms with Crippen LogP contribution in [0, 0.1) is 11.8 Å². The molecule has 2 fully saturated rings. The highest BCUT2D eigenvalue weighted by Crippen LogP contribution is 2.39. The number of benzene rings is 1. The van der Waals surface area contributed by atoms with Crippen molar-refractivity contribution in [1.82, 2.24) is 0 Å². The van der Waals surface area contributed by atoms with Gasteiger partial charge in [0.2, 0.25) is 0 Å². The smallest absolute Gasteiger partial charge is 0.115 e. The molecule has 0 aliphatic heterocycles. The zero-order valence-electron chi connectivity index (χ0n) is 13.7. The number of rotatable bonds is 4. The van der Waals surface area contributed by atoms with Crippen molar-refractivity contribution < 1.29 is 5.11 Å². The Bertz CT molecular complexity index is 439. The molecule has 2 saturated carbocycles. The molecule has 0 heterocycles. The molecule has 122 valence electrons. The highest BCUT2D eigenvalue weighted by molar-refractivity contribution is 7.17. The minimum Gasteiger partial charge on any atom is -0.508 e. The van der Waals surface area contributed by atoms with Crippen molar-refractivity contribution in [3.8, 4) is 5.75 Å². The minimum atomic E-state index is 0.387. The first-order chi connectivity index (χ1) is 10.7. The number of hydrogen-bond acceptors (Lipinski definition) is 1. The fraction of sp³-hybridized carbons (Fsp3) is 0.700. The van der Waals surface area contributed by atoms with E-state index in [1.807, 2.05) is 12.1 Å². The Labute approximate surface area is 138 Å². The van der Waals surface area contributed by atoms with Crippen LogP contribution < -0.4 is 0 Å². The van der Waals surface area contributed by atoms with E-state index in [-0.39, 0.29) is 0 Å². The van der Waals surface area contributed by atoms with Crippen molar-refractivity contribution in [3.63, 3.8) is 0 Å². The second kappa shape index (κ2) is 7.82. The van der Waals surface area contributed by atoms with Crippen LogP contribution in [-0.2, 0) is 0 Å². The molecular formula is C20H31OP. The van der Waals surface area contributed by atoms with Gasteiger partial charge in [-0.15, -0.1) is 9.24 Å². The lowest BCUT2D eigenvalue weighted by Crippen LogP contribution is -2.17. The normalized spacial score (nSPS) is 32.8. The Balaban J connectivity index is 1.39. The molecule has 1 nitrogen and oxygen atoms in total. The number of hydrogen-bond donors (Lipinski definition) is 1. The molecule has 0 radical (unpaired) electrons. The highest BCUT2D eigenvalue weighted by atomic mass is 31.0. The summed E-state index contributed by atoms with van der Waals surface area (Å²) in [5.41, 5.74) is 2.33. The van der Waals surface area contributed by atoms with Gasteiger partial charge in [0.1, 0.15) is 5.75 Å². The predicted octanol–water partition coefficient (Wildman–Crippen LogP) is 5.88. The predicted molar refractivity (Wildman–Crippen MR) is 97.5 cm³/mol. The second-order valence-corrected chi connectivity index (χ2v) is 8.61. The zero-order valence-corrected chi connectivity index (χ0v) is 14.9. The van der Waals surface area contributed by atoms with Gasteiger partial charge in [0.05, 0.1) is 0 Å². The summed E-state index contributed by atoms with van der Waals surface area (Å²) < 4.78 is 0. The van der Waals surface area contributed by atoms with Crippen LogP contribution in [0.25, 0.3) is 0 Å². The molecule has 0 saturated heterocycles. The van der Waals surface area contributed by atoms with Crippen molar-refractivity contribution in [2.24, 2.45) is 11.8 Å². The summed E-state index contributed by atoms with van der Waals surface area (Å²) in [5, 5.41) is 9.41. The summed E-state index contributed by atoms with van der Waals surface area (Å²) in [5.74, 6) is 3.11. The first-order valence-electron chi connectivity index (χ1n) is 9.25. The summed E-state index contributed by atoms with van der Waals surface area (Å²) in [6, 6.07) is 7.90. The minimum absolute atomic E-state index is 0.387. The van der Waals surface area contributed by atoms with E-state index in [1.165, 1.54) is 69.8 Å². The van der Waals surface area contributed by atoms with E-state index in [4.69, 9.17) is 0 Å². The van der Waals surface area contributed by atoms with Gasteiger partial charge in [0, 0.05) is 0 Å². The van der Waals surface area contributed by atoms with E-state index in [0.717, 1.165) is 23.4 Å². The standard InChI is InChI=1S/C20H31OP/c21-19-11-9-18(10-12-19)17-7-3-15(4-8-17)1-2-16-5-13-20(22)14-6-16/h9-12,15-17,20-21H,1-8,13-14,22H2. The molecule has 1 atom stereocenters. The van der Waals surface area contributed by atoms with E-state index < -0.39 is 0 Å². The number of aromatic hydroxyl groups is 1. The van der Waals surface area contributed by atoms with Crippen molar-refractivity contribution in [3.05, 3.63) is 29.8 Å². The maximum Gasteiger partial charge on any atom is 0.115 e. The van der Waals surface area contributed by atoms with Gasteiger partial charge in [0.15, 0.2) is 0 Å². The monoisotopic (exact) mass is 318 g/mol. The van der Waals surface area contributed by atoms with Crippen molar-refractivity contribution in [2.75, 3.05) is 0 Å². The lowest BCUT2D eigenvalue weighted by Gasteiger charge is -2.31. The van der Waals surface area contributed by atoms with Gasteiger partial charge >= 0.3 is 0 Å². The van der Waals surface area contributed by atoms with Crippen molar-refractivity contribution >= 4 is 9.24 Å². The van der Waals surface area contributed by atoms with Crippen molar-refractivity contribution in [1.29, 1.82) is 0 Å². The summed E-state index contributed by atoms with van der Waals surface area (Å²) >= 11 is 0. The average Bonchev–Trinajstić information content (AvgIpc) is 2.56. The van der Waals surface area contributed by atoms with E-state index in [0.29, 0.717) is 5.75 Å². The average molecular weight is 318 g/mol. The molecule has 0 bridgehead atoms. The maximum atomic E-state index is 9.41. The number of phenols is 1. The van der Waals surface area contributed by atoms with Gasteiger partial charge in [-0.25, -0.2) is 0 Å². The van der Waals surface area contributed by atoms with Crippen LogP contribution in [0.4, 0.5) is 0 Å². The fourth-order valence-corrected chi connectivity index (χ4v) is 4.86. The zero-order chi connectivity index (χ0) is 15.4. The molecule has 0 aromatic heterocycles. The molecular weight excluding hydrogens is 287 g/mol. The molecule has 2 aliphatic carbocycles. The Morgan fingerprint density at radius 3 is 1.82 bits per heavy atom. The lowest BCUT2D eigenvalue weighted by molar-refractivity contribution is 0.263. The van der Waals surface area contributed by atoms with Crippen LogP contribution in [0.5, 0.6) is 5.75 Å². The Hall–Kier alpha value is -0.550. The lowest BCUT2D eigenvalue weighted by atomic mass is 9.75. The highest BCUT2D eigenvalue weighted by Gasteiger charge is 2.24. The molecule has 1 aromatic rings. The molecule has 22 heavy (non-hydrogen) atoms. The van der Waals surface area contributed by atoms with Crippen LogP contribution in [0.1, 0.15) is 75.7 Å². The Morgan fingerprint density at radius 2 is 1.27 bits per heavy atom. The summed E-state index contributed by atoms with van der Waals surface area (Å²) in [7, 11) is 3.01. The van der Waals surface area contributed by atoms with Crippen LogP contribution in [0.3, 0.4) is 0 Å². The SMILES string of the molecule is Oc1ccc(C2CCC(CCC3CCC(P)CC3)CC2)cc1. The molecule has 0 spiro atoms. The molecule has 3 rings (SSSR count). The molecule has 2 aliphatic rings. The van der Waals surface area contributed by atoms with E-state index in [1.54, 1.807) is 0 Å². The van der Waals surface area contributed by atoms with E-state index in [9.17, 15) is 5.11 Å². The third-order valence-corrected chi connectivity index (χ3v) is 6.75. The van der Waals surface area contributed by atoms with Gasteiger partial charge < -0.3 is 5.11 Å². The third-order valence-electron chi connectivity index (χ3n) is 6.09. The first-order valence-corrected chi connectivity index (χ1v) is 9.92. The molecule has 0 amide bonds. The molecule has 1 unspecified atom stereocenters. The maximum absolute atomic E-state index is 9.41. The summed E-state index contributed by atoms with van der Waals surface area (Å²) in [4.78, 5) is 0. The second-order valence-electron chi connectivity index (χ2n) is 7.67. The van der Waals surface area contributed by atoms with Gasteiger partial charge in [0.25, 0.3) is 0 Å². The molecule has 1 aromatic carbocycles. The quantitative estimate of drug-likeness (QED) is 0.687. The summed E-state index contributed by atoms with van der Waals surface area (Å²) in [6.45, 7) is 0. The van der Waals surface area contributed by atoms with Crippen LogP contribution in [-0.4, -0.2) is 10.8 Å². The van der Waals surface area contributed by atoms with Crippen molar-refractivity contribution in [2.45, 2.75) is 75.8 Å². The van der Waals surface area contributed by atoms with E-state index in [2.05, 4.69) is 21.4 Å². The number of phenolic OH excluding ortho intramolecular Hbond substituents is 1. The fourth-order valence-electron chi connectivity index (χ4n) is 4.48. The Kier molecular flexibility index (Phi) is 5.80. The van der Waals surface area contributed by atoms with Gasteiger partial charge in [-0.05, 0) is 92.5 Å². The van der Waals surface area contributed by atoms with Crippen LogP contribution in [0.15, 0.2) is 24.3 Å². The largest absolute Gasteiger partial charge is 0.508 e. The summed E-state index contributed by atoms with van der Waals surface area (Å²) in [6.07, 6.45) is 14.2. The topological polar surface area (TPSA) is 20.2 Å². The third kappa shape index (κ3) is 4.48. The Morgan fingerprint density at radius 1 is 0.773 bits per heavy atom. The van der Waals surface area contributed by atoms with Gasteiger partial charge in [-0.3, -0.25) is 0 Å². The molecule has 2 heteroatoms. The van der Waals surface area contributed by atoms with Crippen LogP contribution >= 0.6 is 9.24 Å². The molecule has 1 N–H and O–H groups in total. The van der Waals surface area contributed by atoms with Gasteiger partial charge in [-0.1, -0.05) is 25.0 Å². The van der Waals surface area contributed by atoms with Crippen LogP contribution in [0.2, 0.25) is 0 Å². The first kappa shape index (κ1) is 16.3. The van der Waals surface area contributed by atoms with E-state index >= 15 is 0 Å². The van der Waals surface area contributed by atoms with Gasteiger partial charge in [-0.2, -0.15) is 0 Å².